The lowest BCUT2D eigenvalue weighted by Gasteiger charge is -1.92. The van der Waals surface area contributed by atoms with Crippen LogP contribution in [0.5, 0.6) is 0 Å². The number of hydrogen-bond donors (Lipinski definition) is 0. The van der Waals surface area contributed by atoms with Crippen LogP contribution in [0, 0.1) is 0 Å². The van der Waals surface area contributed by atoms with E-state index in [1.165, 1.54) is 23.5 Å². The van der Waals surface area contributed by atoms with Crippen LogP contribution in [0.1, 0.15) is 13.8 Å². The van der Waals surface area contributed by atoms with Gasteiger partial charge in [0.1, 0.15) is 0 Å². The van der Waals surface area contributed by atoms with Crippen molar-refractivity contribution in [3.8, 4) is 0 Å². The smallest absolute Gasteiger partial charge is 0.185 e. The van der Waals surface area contributed by atoms with Gasteiger partial charge in [0, 0.05) is 25.4 Å². The molecule has 74 valence electrons. The molecular formula is C8H12O3S2. The highest BCUT2D eigenvalue weighted by Crippen LogP contribution is 2.29. The Morgan fingerprint density at radius 2 is 1.46 bits per heavy atom. The van der Waals surface area contributed by atoms with Crippen molar-refractivity contribution in [2.45, 2.75) is 26.1 Å². The van der Waals surface area contributed by atoms with E-state index >= 15 is 0 Å². The number of rotatable bonds is 4. The maximum atomic E-state index is 10.6. The summed E-state index contributed by atoms with van der Waals surface area (Å²) in [7, 11) is 0. The summed E-state index contributed by atoms with van der Waals surface area (Å²) in [5.41, 5.74) is 0. The van der Waals surface area contributed by atoms with Gasteiger partial charge in [0.05, 0.1) is 12.2 Å². The van der Waals surface area contributed by atoms with Gasteiger partial charge in [0.25, 0.3) is 0 Å². The lowest BCUT2D eigenvalue weighted by Crippen LogP contribution is -2.02. The quantitative estimate of drug-likeness (QED) is 0.669. The van der Waals surface area contributed by atoms with E-state index < -0.39 is 0 Å². The first kappa shape index (κ1) is 11.1. The highest BCUT2D eigenvalue weighted by molar-refractivity contribution is 8.14. The number of ether oxygens (including phenoxy) is 1. The minimum Gasteiger partial charge on any atom is -0.368 e. The summed E-state index contributed by atoms with van der Waals surface area (Å²) in [6.07, 6.45) is 0.362. The van der Waals surface area contributed by atoms with Crippen LogP contribution >= 0.6 is 23.5 Å². The van der Waals surface area contributed by atoms with Crippen LogP contribution in [0.15, 0.2) is 0 Å². The molecule has 0 radical (unpaired) electrons. The third-order valence-corrected chi connectivity index (χ3v) is 3.39. The van der Waals surface area contributed by atoms with Crippen LogP contribution in [-0.2, 0) is 14.3 Å². The van der Waals surface area contributed by atoms with Crippen LogP contribution in [0.4, 0.5) is 0 Å². The molecule has 1 rings (SSSR count). The number of epoxide rings is 1. The lowest BCUT2D eigenvalue weighted by molar-refractivity contribution is -0.109. The molecule has 0 N–H and O–H groups in total. The molecule has 0 aromatic heterocycles. The summed E-state index contributed by atoms with van der Waals surface area (Å²) in [6, 6.07) is 0. The van der Waals surface area contributed by atoms with Gasteiger partial charge in [-0.2, -0.15) is 0 Å². The number of carbonyl (C=O) groups excluding carboxylic acids is 2. The molecule has 0 aromatic carbocycles. The maximum Gasteiger partial charge on any atom is 0.185 e. The summed E-state index contributed by atoms with van der Waals surface area (Å²) < 4.78 is 5.27. The summed E-state index contributed by atoms with van der Waals surface area (Å²) >= 11 is 2.56. The van der Waals surface area contributed by atoms with E-state index in [-0.39, 0.29) is 22.4 Å². The van der Waals surface area contributed by atoms with Crippen LogP contribution in [0.25, 0.3) is 0 Å². The van der Waals surface area contributed by atoms with E-state index in [0.29, 0.717) is 0 Å². The van der Waals surface area contributed by atoms with Gasteiger partial charge < -0.3 is 4.74 Å². The second-order valence-electron chi connectivity index (χ2n) is 2.82. The van der Waals surface area contributed by atoms with Gasteiger partial charge in [-0.1, -0.05) is 23.5 Å². The molecule has 13 heavy (non-hydrogen) atoms. The molecule has 0 saturated carbocycles. The van der Waals surface area contributed by atoms with Crippen molar-refractivity contribution in [1.29, 1.82) is 0 Å². The Bertz CT molecular complexity index is 195. The van der Waals surface area contributed by atoms with Crippen LogP contribution in [0.2, 0.25) is 0 Å². The minimum atomic E-state index is 0.119. The molecule has 0 aromatic rings. The highest BCUT2D eigenvalue weighted by atomic mass is 32.2. The highest BCUT2D eigenvalue weighted by Gasteiger charge is 2.38. The van der Waals surface area contributed by atoms with E-state index in [2.05, 4.69) is 0 Å². The lowest BCUT2D eigenvalue weighted by atomic mass is 10.4. The predicted molar refractivity (Wildman–Crippen MR) is 54.9 cm³/mol. The Hall–Kier alpha value is -0.0000000000000000555. The second-order valence-corrected chi connectivity index (χ2v) is 5.21. The van der Waals surface area contributed by atoms with Gasteiger partial charge in [0.15, 0.2) is 10.2 Å². The SMILES string of the molecule is CC(=O)SCC1OC1CSC(C)=O. The van der Waals surface area contributed by atoms with Gasteiger partial charge in [-0.15, -0.1) is 0 Å². The van der Waals surface area contributed by atoms with Gasteiger partial charge in [-0.3, -0.25) is 9.59 Å². The van der Waals surface area contributed by atoms with Crippen molar-refractivity contribution in [1.82, 2.24) is 0 Å². The number of hydrogen-bond acceptors (Lipinski definition) is 5. The number of thioether (sulfide) groups is 2. The van der Waals surface area contributed by atoms with Crippen molar-refractivity contribution in [2.75, 3.05) is 11.5 Å². The fraction of sp³-hybridized carbons (Fsp3) is 0.750. The normalized spacial score (nSPS) is 25.7. The molecule has 2 atom stereocenters. The summed E-state index contributed by atoms with van der Waals surface area (Å²) in [5, 5.41) is 0.238. The zero-order chi connectivity index (χ0) is 9.84. The maximum absolute atomic E-state index is 10.6. The second kappa shape index (κ2) is 5.02. The zero-order valence-corrected chi connectivity index (χ0v) is 9.24. The Labute approximate surface area is 86.0 Å². The molecule has 1 saturated heterocycles. The van der Waals surface area contributed by atoms with Gasteiger partial charge >= 0.3 is 0 Å². The molecular weight excluding hydrogens is 208 g/mol. The fourth-order valence-corrected chi connectivity index (χ4v) is 2.26. The first-order valence-electron chi connectivity index (χ1n) is 4.02. The standard InChI is InChI=1S/C8H12O3S2/c1-5(9)12-3-7-8(11-7)4-13-6(2)10/h7-8H,3-4H2,1-2H3. The largest absolute Gasteiger partial charge is 0.368 e. The van der Waals surface area contributed by atoms with Crippen LogP contribution in [-0.4, -0.2) is 33.9 Å². The molecule has 0 aliphatic carbocycles. The minimum absolute atomic E-state index is 0.119. The first-order valence-corrected chi connectivity index (χ1v) is 5.99. The first-order chi connectivity index (χ1) is 6.09. The average molecular weight is 220 g/mol. The van der Waals surface area contributed by atoms with Gasteiger partial charge in [0.2, 0.25) is 0 Å². The fourth-order valence-electron chi connectivity index (χ4n) is 0.871. The third-order valence-electron chi connectivity index (χ3n) is 1.59. The van der Waals surface area contributed by atoms with E-state index in [4.69, 9.17) is 4.74 Å². The molecule has 1 heterocycles. The Balaban J connectivity index is 2.02. The summed E-state index contributed by atoms with van der Waals surface area (Å²) in [5.74, 6) is 1.44. The van der Waals surface area contributed by atoms with Crippen molar-refractivity contribution in [3.05, 3.63) is 0 Å². The molecule has 0 amide bonds. The molecule has 3 nitrogen and oxygen atoms in total. The Kier molecular flexibility index (Phi) is 4.28. The molecule has 2 unspecified atom stereocenters. The molecule has 0 bridgehead atoms. The van der Waals surface area contributed by atoms with Crippen LogP contribution in [0.3, 0.4) is 0 Å². The predicted octanol–water partition coefficient (Wildman–Crippen LogP) is 1.31. The topological polar surface area (TPSA) is 46.7 Å². The van der Waals surface area contributed by atoms with Crippen molar-refractivity contribution >= 4 is 33.8 Å². The van der Waals surface area contributed by atoms with Crippen molar-refractivity contribution in [2.24, 2.45) is 0 Å². The van der Waals surface area contributed by atoms with Crippen molar-refractivity contribution < 1.29 is 14.3 Å². The van der Waals surface area contributed by atoms with E-state index in [9.17, 15) is 9.59 Å². The monoisotopic (exact) mass is 220 g/mol. The van der Waals surface area contributed by atoms with E-state index in [1.807, 2.05) is 0 Å². The Morgan fingerprint density at radius 1 is 1.08 bits per heavy atom. The van der Waals surface area contributed by atoms with Crippen LogP contribution < -0.4 is 0 Å². The molecule has 1 aliphatic rings. The third kappa shape index (κ3) is 4.69. The Morgan fingerprint density at radius 3 is 1.77 bits per heavy atom. The molecule has 0 spiro atoms. The van der Waals surface area contributed by atoms with Crippen molar-refractivity contribution in [3.63, 3.8) is 0 Å². The number of carbonyl (C=O) groups is 2. The van der Waals surface area contributed by atoms with E-state index in [1.54, 1.807) is 13.8 Å². The molecule has 1 fully saturated rings. The molecule has 5 heteroatoms. The summed E-state index contributed by atoms with van der Waals surface area (Å²) in [6.45, 7) is 3.10. The van der Waals surface area contributed by atoms with Gasteiger partial charge in [-0.25, -0.2) is 0 Å². The average Bonchev–Trinajstić information content (AvgIpc) is 2.76. The molecule has 1 aliphatic heterocycles. The van der Waals surface area contributed by atoms with E-state index in [0.717, 1.165) is 11.5 Å². The summed E-state index contributed by atoms with van der Waals surface area (Å²) in [4.78, 5) is 21.2. The zero-order valence-electron chi connectivity index (χ0n) is 7.61. The van der Waals surface area contributed by atoms with Gasteiger partial charge in [-0.05, 0) is 0 Å².